The van der Waals surface area contributed by atoms with Crippen LogP contribution in [0.3, 0.4) is 0 Å². The number of carbonyl (C=O) groups excluding carboxylic acids is 1. The molecule has 2 N–H and O–H groups in total. The lowest BCUT2D eigenvalue weighted by Crippen LogP contribution is -2.24. The molecule has 0 fully saturated rings. The van der Waals surface area contributed by atoms with Gasteiger partial charge in [0, 0.05) is 31.4 Å². The van der Waals surface area contributed by atoms with Crippen LogP contribution in [0, 0.1) is 5.82 Å². The van der Waals surface area contributed by atoms with Gasteiger partial charge in [-0.05, 0) is 43.7 Å². The first-order valence-corrected chi connectivity index (χ1v) is 10.9. The zero-order valence-corrected chi connectivity index (χ0v) is 17.2. The highest BCUT2D eigenvalue weighted by atomic mass is 32.2. The summed E-state index contributed by atoms with van der Waals surface area (Å²) in [6, 6.07) is 7.90. The molecule has 2 aromatic rings. The molecule has 6 nitrogen and oxygen atoms in total. The molecule has 9 heteroatoms. The Hall–Kier alpha value is -1.97. The van der Waals surface area contributed by atoms with Crippen molar-refractivity contribution in [3.05, 3.63) is 46.6 Å². The summed E-state index contributed by atoms with van der Waals surface area (Å²) in [5.41, 5.74) is 1.05. The van der Waals surface area contributed by atoms with Gasteiger partial charge in [0.15, 0.2) is 0 Å². The van der Waals surface area contributed by atoms with Crippen molar-refractivity contribution in [2.24, 2.45) is 0 Å². The van der Waals surface area contributed by atoms with Crippen LogP contribution in [0.5, 0.6) is 0 Å². The van der Waals surface area contributed by atoms with Crippen LogP contribution in [0.2, 0.25) is 0 Å². The van der Waals surface area contributed by atoms with Crippen molar-refractivity contribution in [1.29, 1.82) is 0 Å². The molecular weight excluding hydrogens is 389 g/mol. The summed E-state index contributed by atoms with van der Waals surface area (Å²) in [5.74, 6) is -0.551. The molecule has 0 saturated carbocycles. The Balaban J connectivity index is 2.05. The van der Waals surface area contributed by atoms with E-state index in [9.17, 15) is 17.6 Å². The highest BCUT2D eigenvalue weighted by Gasteiger charge is 2.17. The fourth-order valence-corrected chi connectivity index (χ4v) is 4.90. The second-order valence-electron chi connectivity index (χ2n) is 5.91. The van der Waals surface area contributed by atoms with E-state index in [1.54, 1.807) is 18.2 Å². The van der Waals surface area contributed by atoms with Crippen LogP contribution in [0.15, 0.2) is 34.5 Å². The number of thiophene rings is 1. The molecule has 0 saturated heterocycles. The van der Waals surface area contributed by atoms with E-state index in [4.69, 9.17) is 0 Å². The lowest BCUT2D eigenvalue weighted by atomic mass is 10.2. The smallest absolute Gasteiger partial charge is 0.250 e. The van der Waals surface area contributed by atoms with Crippen LogP contribution in [0.4, 0.5) is 10.1 Å². The number of carbonyl (C=O) groups is 1. The molecule has 0 atom stereocenters. The molecule has 0 aliphatic rings. The van der Waals surface area contributed by atoms with Gasteiger partial charge in [-0.2, -0.15) is 0 Å². The van der Waals surface area contributed by atoms with Gasteiger partial charge in [-0.3, -0.25) is 4.79 Å². The third-order valence-corrected chi connectivity index (χ3v) is 6.97. The van der Waals surface area contributed by atoms with Crippen molar-refractivity contribution in [3.8, 4) is 0 Å². The minimum atomic E-state index is -3.70. The van der Waals surface area contributed by atoms with E-state index in [1.165, 1.54) is 19.1 Å². The number of nitrogens with zero attached hydrogens (tertiary/aromatic N) is 1. The Morgan fingerprint density at radius 3 is 2.44 bits per heavy atom. The van der Waals surface area contributed by atoms with Gasteiger partial charge in [0.05, 0.1) is 12.2 Å². The molecule has 27 heavy (non-hydrogen) atoms. The molecule has 1 amide bonds. The zero-order valence-electron chi connectivity index (χ0n) is 15.6. The maximum Gasteiger partial charge on any atom is 0.250 e. The third-order valence-electron chi connectivity index (χ3n) is 4.00. The van der Waals surface area contributed by atoms with Gasteiger partial charge in [-0.25, -0.2) is 17.5 Å². The van der Waals surface area contributed by atoms with Crippen molar-refractivity contribution in [2.45, 2.75) is 38.1 Å². The number of halogens is 1. The molecule has 0 radical (unpaired) electrons. The molecule has 1 aromatic heterocycles. The van der Waals surface area contributed by atoms with Gasteiger partial charge >= 0.3 is 0 Å². The first-order chi connectivity index (χ1) is 12.8. The summed E-state index contributed by atoms with van der Waals surface area (Å²) in [4.78, 5) is 13.6. The van der Waals surface area contributed by atoms with E-state index >= 15 is 0 Å². The number of benzene rings is 1. The Bertz CT molecular complexity index is 893. The highest BCUT2D eigenvalue weighted by molar-refractivity contribution is 7.91. The predicted octanol–water partition coefficient (Wildman–Crippen LogP) is 2.85. The minimum Gasteiger partial charge on any atom is -0.370 e. The number of sulfonamides is 1. The molecule has 148 valence electrons. The number of amides is 1. The van der Waals surface area contributed by atoms with Crippen LogP contribution in [-0.4, -0.2) is 27.4 Å². The summed E-state index contributed by atoms with van der Waals surface area (Å²) in [7, 11) is -3.70. The van der Waals surface area contributed by atoms with Crippen molar-refractivity contribution < 1.29 is 17.6 Å². The van der Waals surface area contributed by atoms with Gasteiger partial charge in [0.25, 0.3) is 0 Å². The number of anilines is 1. The van der Waals surface area contributed by atoms with E-state index in [2.05, 4.69) is 10.0 Å². The first-order valence-electron chi connectivity index (χ1n) is 8.63. The summed E-state index contributed by atoms with van der Waals surface area (Å²) in [6.45, 7) is 6.97. The lowest BCUT2D eigenvalue weighted by Gasteiger charge is -2.21. The van der Waals surface area contributed by atoms with E-state index in [-0.39, 0.29) is 29.0 Å². The largest absolute Gasteiger partial charge is 0.370 e. The zero-order chi connectivity index (χ0) is 20.0. The Morgan fingerprint density at radius 2 is 1.85 bits per heavy atom. The van der Waals surface area contributed by atoms with Crippen molar-refractivity contribution >= 4 is 33.0 Å². The number of nitrogens with one attached hydrogen (secondary N) is 2. The minimum absolute atomic E-state index is 0.00326. The van der Waals surface area contributed by atoms with Gasteiger partial charge in [0.1, 0.15) is 10.0 Å². The topological polar surface area (TPSA) is 78.5 Å². The van der Waals surface area contributed by atoms with Crippen LogP contribution in [0.1, 0.15) is 31.2 Å². The first kappa shape index (κ1) is 21.3. The molecule has 0 unspecified atom stereocenters. The molecule has 2 rings (SSSR count). The number of rotatable bonds is 9. The molecule has 0 aliphatic heterocycles. The van der Waals surface area contributed by atoms with Crippen LogP contribution < -0.4 is 14.9 Å². The highest BCUT2D eigenvalue weighted by Crippen LogP contribution is 2.23. The predicted molar refractivity (Wildman–Crippen MR) is 106 cm³/mol. The van der Waals surface area contributed by atoms with Gasteiger partial charge in [-0.1, -0.05) is 6.07 Å². The lowest BCUT2D eigenvalue weighted by molar-refractivity contribution is -0.119. The van der Waals surface area contributed by atoms with Crippen LogP contribution in [-0.2, 0) is 27.9 Å². The maximum atomic E-state index is 14.3. The standard InChI is InChI=1S/C18H24FN3O3S2/c1-4-22(5-2)17-8-6-14(10-16(17)19)11-21-27(24,25)18-9-7-15(26-18)12-20-13(3)23/h6-10,21H,4-5,11-12H2,1-3H3,(H,20,23). The van der Waals surface area contributed by atoms with Crippen molar-refractivity contribution in [3.63, 3.8) is 0 Å². The molecule has 0 bridgehead atoms. The van der Waals surface area contributed by atoms with Gasteiger partial charge in [-0.15, -0.1) is 11.3 Å². The maximum absolute atomic E-state index is 14.3. The average molecular weight is 414 g/mol. The summed E-state index contributed by atoms with van der Waals surface area (Å²) in [6.07, 6.45) is 0. The van der Waals surface area contributed by atoms with E-state index in [0.29, 0.717) is 24.3 Å². The molecule has 1 heterocycles. The monoisotopic (exact) mass is 413 g/mol. The summed E-state index contributed by atoms with van der Waals surface area (Å²) >= 11 is 1.09. The van der Waals surface area contributed by atoms with Crippen LogP contribution >= 0.6 is 11.3 Å². The van der Waals surface area contributed by atoms with Crippen LogP contribution in [0.25, 0.3) is 0 Å². The second-order valence-corrected chi connectivity index (χ2v) is 9.08. The van der Waals surface area contributed by atoms with Gasteiger partial charge < -0.3 is 10.2 Å². The summed E-state index contributed by atoms with van der Waals surface area (Å²) < 4.78 is 41.8. The van der Waals surface area contributed by atoms with Crippen molar-refractivity contribution in [1.82, 2.24) is 10.0 Å². The Morgan fingerprint density at radius 1 is 1.15 bits per heavy atom. The third kappa shape index (κ3) is 5.75. The quantitative estimate of drug-likeness (QED) is 0.663. The molecule has 0 aliphatic carbocycles. The second kappa shape index (κ2) is 9.29. The molecular formula is C18H24FN3O3S2. The Kier molecular flexibility index (Phi) is 7.34. The number of hydrogen-bond acceptors (Lipinski definition) is 5. The fourth-order valence-electron chi connectivity index (χ4n) is 2.54. The van der Waals surface area contributed by atoms with E-state index in [1.807, 2.05) is 18.7 Å². The Labute approximate surface area is 163 Å². The average Bonchev–Trinajstić information content (AvgIpc) is 3.11. The van der Waals surface area contributed by atoms with E-state index in [0.717, 1.165) is 16.2 Å². The molecule has 0 spiro atoms. The number of hydrogen-bond donors (Lipinski definition) is 2. The SMILES string of the molecule is CCN(CC)c1ccc(CNS(=O)(=O)c2ccc(CNC(C)=O)s2)cc1F. The summed E-state index contributed by atoms with van der Waals surface area (Å²) in [5, 5.41) is 2.63. The fraction of sp³-hybridized carbons (Fsp3) is 0.389. The van der Waals surface area contributed by atoms with Gasteiger partial charge in [0.2, 0.25) is 15.9 Å². The van der Waals surface area contributed by atoms with E-state index < -0.39 is 10.0 Å². The normalized spacial score (nSPS) is 11.4. The molecule has 1 aromatic carbocycles. The van der Waals surface area contributed by atoms with Crippen molar-refractivity contribution in [2.75, 3.05) is 18.0 Å².